The number of thiazole rings is 1. The lowest BCUT2D eigenvalue weighted by atomic mass is 10.0. The molecule has 5 rings (SSSR count). The van der Waals surface area contributed by atoms with Gasteiger partial charge in [0.05, 0.1) is 29.8 Å². The van der Waals surface area contributed by atoms with Gasteiger partial charge in [0.2, 0.25) is 5.91 Å². The summed E-state index contributed by atoms with van der Waals surface area (Å²) in [7, 11) is 1.91. The van der Waals surface area contributed by atoms with Crippen LogP contribution < -0.4 is 4.90 Å². The van der Waals surface area contributed by atoms with Gasteiger partial charge in [-0.2, -0.15) is 0 Å². The number of benzene rings is 1. The van der Waals surface area contributed by atoms with Crippen molar-refractivity contribution in [3.8, 4) is 11.4 Å². The SMILES string of the molecule is Cc1occc1-c1nnc(SCC(=O)N(Cc2ccccc2)c2nc3c(s2)CCCC3)n1C. The highest BCUT2D eigenvalue weighted by molar-refractivity contribution is 7.99. The van der Waals surface area contributed by atoms with Crippen LogP contribution in [0.25, 0.3) is 11.4 Å². The normalized spacial score (nSPS) is 13.2. The first kappa shape index (κ1) is 21.9. The maximum Gasteiger partial charge on any atom is 0.239 e. The summed E-state index contributed by atoms with van der Waals surface area (Å²) in [5.74, 6) is 1.79. The average molecular weight is 480 g/mol. The van der Waals surface area contributed by atoms with E-state index in [4.69, 9.17) is 9.40 Å². The van der Waals surface area contributed by atoms with Gasteiger partial charge in [-0.15, -0.1) is 21.5 Å². The number of thioether (sulfide) groups is 1. The number of carbonyl (C=O) groups is 1. The minimum absolute atomic E-state index is 0.0130. The Hall–Kier alpha value is -2.91. The van der Waals surface area contributed by atoms with Crippen molar-refractivity contribution in [2.24, 2.45) is 7.05 Å². The van der Waals surface area contributed by atoms with Gasteiger partial charge in [-0.1, -0.05) is 42.1 Å². The van der Waals surface area contributed by atoms with Crippen molar-refractivity contribution >= 4 is 34.1 Å². The molecule has 9 heteroatoms. The predicted molar refractivity (Wildman–Crippen MR) is 131 cm³/mol. The maximum absolute atomic E-state index is 13.4. The number of nitrogens with zero attached hydrogens (tertiary/aromatic N) is 5. The Morgan fingerprint density at radius 1 is 1.18 bits per heavy atom. The van der Waals surface area contributed by atoms with Gasteiger partial charge in [0.15, 0.2) is 16.1 Å². The molecule has 3 heterocycles. The van der Waals surface area contributed by atoms with Crippen LogP contribution >= 0.6 is 23.1 Å². The van der Waals surface area contributed by atoms with E-state index in [9.17, 15) is 4.79 Å². The number of hydrogen-bond donors (Lipinski definition) is 0. The predicted octanol–water partition coefficient (Wildman–Crippen LogP) is 5.04. The fourth-order valence-corrected chi connectivity index (χ4v) is 5.93. The van der Waals surface area contributed by atoms with E-state index in [-0.39, 0.29) is 11.7 Å². The van der Waals surface area contributed by atoms with E-state index in [1.54, 1.807) is 17.6 Å². The first-order chi connectivity index (χ1) is 16.1. The Labute approximate surface area is 200 Å². The molecule has 0 saturated carbocycles. The molecule has 170 valence electrons. The number of furan rings is 1. The van der Waals surface area contributed by atoms with Crippen molar-refractivity contribution in [2.75, 3.05) is 10.7 Å². The molecule has 0 unspecified atom stereocenters. The third-order valence-corrected chi connectivity index (χ3v) is 7.99. The second-order valence-corrected chi connectivity index (χ2v) is 10.1. The molecule has 1 aromatic carbocycles. The number of amides is 1. The van der Waals surface area contributed by atoms with Crippen molar-refractivity contribution in [2.45, 2.75) is 44.3 Å². The minimum atomic E-state index is 0.0130. The van der Waals surface area contributed by atoms with Crippen molar-refractivity contribution < 1.29 is 9.21 Å². The van der Waals surface area contributed by atoms with Crippen LogP contribution in [0.3, 0.4) is 0 Å². The van der Waals surface area contributed by atoms with Crippen LogP contribution in [0.15, 0.2) is 52.2 Å². The quantitative estimate of drug-likeness (QED) is 0.346. The Bertz CT molecular complexity index is 1240. The first-order valence-electron chi connectivity index (χ1n) is 11.0. The molecule has 0 atom stereocenters. The number of rotatable bonds is 7. The zero-order chi connectivity index (χ0) is 22.8. The largest absolute Gasteiger partial charge is 0.469 e. The summed E-state index contributed by atoms with van der Waals surface area (Å²) in [6, 6.07) is 12.0. The molecule has 1 aliphatic rings. The van der Waals surface area contributed by atoms with Crippen molar-refractivity contribution in [1.29, 1.82) is 0 Å². The standard InChI is InChI=1S/C24H25N5O2S2/c1-16-18(12-13-31-16)22-26-27-24(28(22)2)32-15-21(30)29(14-17-8-4-3-5-9-17)23-25-19-10-6-7-11-20(19)33-23/h3-5,8-9,12-13H,6-7,10-11,14-15H2,1-2H3. The number of hydrogen-bond acceptors (Lipinski definition) is 7. The van der Waals surface area contributed by atoms with E-state index in [1.807, 2.05) is 59.8 Å². The minimum Gasteiger partial charge on any atom is -0.469 e. The average Bonchev–Trinajstić information content (AvgIpc) is 3.54. The van der Waals surface area contributed by atoms with E-state index < -0.39 is 0 Å². The molecule has 0 fully saturated rings. The van der Waals surface area contributed by atoms with Gasteiger partial charge in [-0.3, -0.25) is 9.69 Å². The highest BCUT2D eigenvalue weighted by Gasteiger charge is 2.24. The number of aryl methyl sites for hydroxylation is 3. The molecule has 1 aliphatic carbocycles. The maximum atomic E-state index is 13.4. The lowest BCUT2D eigenvalue weighted by Crippen LogP contribution is -2.32. The summed E-state index contributed by atoms with van der Waals surface area (Å²) >= 11 is 3.05. The second-order valence-electron chi connectivity index (χ2n) is 8.08. The zero-order valence-electron chi connectivity index (χ0n) is 18.7. The molecule has 0 N–H and O–H groups in total. The molecular weight excluding hydrogens is 454 g/mol. The number of carbonyl (C=O) groups excluding carboxylic acids is 1. The Morgan fingerprint density at radius 3 is 2.76 bits per heavy atom. The van der Waals surface area contributed by atoms with Crippen LogP contribution in [-0.2, 0) is 31.2 Å². The van der Waals surface area contributed by atoms with Crippen molar-refractivity contribution in [3.05, 3.63) is 64.6 Å². The molecule has 4 aromatic rings. The van der Waals surface area contributed by atoms with Gasteiger partial charge in [-0.05, 0) is 44.2 Å². The number of fused-ring (bicyclic) bond motifs is 1. The molecule has 33 heavy (non-hydrogen) atoms. The van der Waals surface area contributed by atoms with Crippen LogP contribution in [0.5, 0.6) is 0 Å². The van der Waals surface area contributed by atoms with Crippen molar-refractivity contribution in [3.63, 3.8) is 0 Å². The van der Waals surface area contributed by atoms with E-state index in [0.29, 0.717) is 11.7 Å². The highest BCUT2D eigenvalue weighted by Crippen LogP contribution is 2.33. The molecule has 0 radical (unpaired) electrons. The van der Waals surface area contributed by atoms with E-state index in [0.717, 1.165) is 46.4 Å². The van der Waals surface area contributed by atoms with Gasteiger partial charge in [0.1, 0.15) is 5.76 Å². The number of aromatic nitrogens is 4. The van der Waals surface area contributed by atoms with Crippen LogP contribution in [0.4, 0.5) is 5.13 Å². The van der Waals surface area contributed by atoms with Crippen LogP contribution in [0.1, 0.15) is 34.7 Å². The molecule has 1 amide bonds. The summed E-state index contributed by atoms with van der Waals surface area (Å²) in [4.78, 5) is 21.4. The van der Waals surface area contributed by atoms with Crippen molar-refractivity contribution in [1.82, 2.24) is 19.7 Å². The topological polar surface area (TPSA) is 77.1 Å². The highest BCUT2D eigenvalue weighted by atomic mass is 32.2. The first-order valence-corrected chi connectivity index (χ1v) is 12.8. The monoisotopic (exact) mass is 479 g/mol. The number of anilines is 1. The third kappa shape index (κ3) is 4.60. The lowest BCUT2D eigenvalue weighted by molar-refractivity contribution is -0.116. The van der Waals surface area contributed by atoms with Gasteiger partial charge in [-0.25, -0.2) is 4.98 Å². The van der Waals surface area contributed by atoms with Gasteiger partial charge in [0, 0.05) is 11.9 Å². The summed E-state index contributed by atoms with van der Waals surface area (Å²) in [6.45, 7) is 2.40. The van der Waals surface area contributed by atoms with Gasteiger partial charge < -0.3 is 8.98 Å². The second kappa shape index (κ2) is 9.52. The smallest absolute Gasteiger partial charge is 0.239 e. The Morgan fingerprint density at radius 2 is 2.00 bits per heavy atom. The summed E-state index contributed by atoms with van der Waals surface area (Å²) in [5.41, 5.74) is 3.15. The van der Waals surface area contributed by atoms with E-state index in [2.05, 4.69) is 10.2 Å². The molecule has 0 aliphatic heterocycles. The molecule has 0 saturated heterocycles. The third-order valence-electron chi connectivity index (χ3n) is 5.81. The van der Waals surface area contributed by atoms with Crippen LogP contribution in [-0.4, -0.2) is 31.4 Å². The molecule has 7 nitrogen and oxygen atoms in total. The van der Waals surface area contributed by atoms with Gasteiger partial charge >= 0.3 is 0 Å². The molecule has 0 spiro atoms. The molecule has 3 aromatic heterocycles. The molecule has 0 bridgehead atoms. The summed E-state index contributed by atoms with van der Waals surface area (Å²) in [5, 5.41) is 10.1. The van der Waals surface area contributed by atoms with E-state index in [1.165, 1.54) is 29.5 Å². The van der Waals surface area contributed by atoms with Crippen LogP contribution in [0.2, 0.25) is 0 Å². The van der Waals surface area contributed by atoms with Gasteiger partial charge in [0.25, 0.3) is 0 Å². The van der Waals surface area contributed by atoms with Crippen LogP contribution in [0, 0.1) is 6.92 Å². The van der Waals surface area contributed by atoms with E-state index >= 15 is 0 Å². The Balaban J connectivity index is 1.36. The fraction of sp³-hybridized carbons (Fsp3) is 0.333. The Kier molecular flexibility index (Phi) is 6.32. The fourth-order valence-electron chi connectivity index (χ4n) is 3.98. The summed E-state index contributed by atoms with van der Waals surface area (Å²) in [6.07, 6.45) is 6.07. The lowest BCUT2D eigenvalue weighted by Gasteiger charge is -2.20. The summed E-state index contributed by atoms with van der Waals surface area (Å²) < 4.78 is 7.30. The zero-order valence-corrected chi connectivity index (χ0v) is 20.3. The molecular formula is C24H25N5O2S2.